The Morgan fingerprint density at radius 1 is 1.25 bits per heavy atom. The van der Waals surface area contributed by atoms with Crippen molar-refractivity contribution in [3.8, 4) is 0 Å². The molecule has 8 heteroatoms. The molecule has 0 radical (unpaired) electrons. The summed E-state index contributed by atoms with van der Waals surface area (Å²) in [6.45, 7) is 6.08. The third-order valence-electron chi connectivity index (χ3n) is 4.48. The number of aryl methyl sites for hydroxylation is 2. The number of fused-ring (bicyclic) bond motifs is 1. The van der Waals surface area contributed by atoms with Crippen molar-refractivity contribution in [3.63, 3.8) is 0 Å². The van der Waals surface area contributed by atoms with Gasteiger partial charge in [0.25, 0.3) is 0 Å². The van der Waals surface area contributed by atoms with Gasteiger partial charge in [0.05, 0.1) is 11.4 Å². The molecule has 0 saturated carbocycles. The number of nitrogens with zero attached hydrogens (tertiary/aromatic N) is 7. The summed E-state index contributed by atoms with van der Waals surface area (Å²) in [6.07, 6.45) is 8.18. The number of likely N-dealkylation sites (N-methyl/N-ethyl adjacent to an activating group) is 1. The molecular formula is C16H22N8. The second kappa shape index (κ2) is 5.86. The van der Waals surface area contributed by atoms with E-state index in [0.29, 0.717) is 5.82 Å². The Kier molecular flexibility index (Phi) is 3.68. The van der Waals surface area contributed by atoms with Crippen molar-refractivity contribution in [1.29, 1.82) is 0 Å². The van der Waals surface area contributed by atoms with Gasteiger partial charge in [-0.1, -0.05) is 0 Å². The summed E-state index contributed by atoms with van der Waals surface area (Å²) >= 11 is 0. The van der Waals surface area contributed by atoms with Gasteiger partial charge in [0.2, 0.25) is 5.96 Å². The first-order chi connectivity index (χ1) is 11.6. The predicted octanol–water partition coefficient (Wildman–Crippen LogP) is 0.982. The molecule has 2 aromatic rings. The first kappa shape index (κ1) is 15.1. The van der Waals surface area contributed by atoms with Crippen LogP contribution in [0.25, 0.3) is 11.7 Å². The van der Waals surface area contributed by atoms with Gasteiger partial charge in [-0.2, -0.15) is 5.01 Å². The zero-order valence-corrected chi connectivity index (χ0v) is 14.3. The van der Waals surface area contributed by atoms with Crippen molar-refractivity contribution in [1.82, 2.24) is 34.9 Å². The lowest BCUT2D eigenvalue weighted by Crippen LogP contribution is -2.43. The molecule has 1 saturated heterocycles. The highest BCUT2D eigenvalue weighted by atomic mass is 15.6. The van der Waals surface area contributed by atoms with Crippen LogP contribution in [-0.2, 0) is 0 Å². The summed E-state index contributed by atoms with van der Waals surface area (Å²) in [5.41, 5.74) is 5.97. The number of rotatable bonds is 2. The van der Waals surface area contributed by atoms with Gasteiger partial charge in [0.1, 0.15) is 6.17 Å². The van der Waals surface area contributed by atoms with E-state index in [2.05, 4.69) is 25.4 Å². The summed E-state index contributed by atoms with van der Waals surface area (Å²) in [7, 11) is 2.00. The minimum atomic E-state index is -0.0486. The molecule has 0 spiro atoms. The average Bonchev–Trinajstić information content (AvgIpc) is 3.28. The summed E-state index contributed by atoms with van der Waals surface area (Å²) < 4.78 is 1.83. The van der Waals surface area contributed by atoms with E-state index in [1.807, 2.05) is 48.8 Å². The standard InChI is InChI=1S/C16H22N8/c1-11-10-17-12(2)15-18-13(20-24(11)15)6-7-14-19-16(21-22(14)3)23-8-4-5-9-23/h6-7,10,14H,4-5,8-9H2,1-3H3,(H,19,21)/b7-6+. The molecule has 4 heterocycles. The third-order valence-corrected chi connectivity index (χ3v) is 4.48. The molecular weight excluding hydrogens is 304 g/mol. The Labute approximate surface area is 140 Å². The fourth-order valence-electron chi connectivity index (χ4n) is 3.07. The van der Waals surface area contributed by atoms with E-state index in [9.17, 15) is 0 Å². The minimum absolute atomic E-state index is 0.0486. The second-order valence-electron chi connectivity index (χ2n) is 6.33. The molecule has 24 heavy (non-hydrogen) atoms. The van der Waals surface area contributed by atoms with Crippen LogP contribution in [0.1, 0.15) is 30.1 Å². The van der Waals surface area contributed by atoms with Crippen LogP contribution in [0, 0.1) is 13.8 Å². The molecule has 1 atom stereocenters. The lowest BCUT2D eigenvalue weighted by molar-refractivity contribution is 0.270. The molecule has 1 fully saturated rings. The van der Waals surface area contributed by atoms with E-state index in [1.165, 1.54) is 12.8 Å². The number of hydrazine groups is 1. The monoisotopic (exact) mass is 326 g/mol. The van der Waals surface area contributed by atoms with Gasteiger partial charge in [-0.05, 0) is 38.8 Å². The minimum Gasteiger partial charge on any atom is -0.342 e. The van der Waals surface area contributed by atoms with Crippen LogP contribution in [0.5, 0.6) is 0 Å². The third kappa shape index (κ3) is 2.62. The number of guanidine groups is 1. The predicted molar refractivity (Wildman–Crippen MR) is 92.2 cm³/mol. The van der Waals surface area contributed by atoms with Gasteiger partial charge in [-0.25, -0.2) is 14.5 Å². The molecule has 1 N–H and O–H groups in total. The number of hydrogen-bond donors (Lipinski definition) is 1. The highest BCUT2D eigenvalue weighted by molar-refractivity contribution is 5.81. The largest absolute Gasteiger partial charge is 0.342 e. The van der Waals surface area contributed by atoms with Crippen molar-refractivity contribution in [2.24, 2.45) is 4.99 Å². The summed E-state index contributed by atoms with van der Waals surface area (Å²) in [4.78, 5) is 15.9. The Hall–Kier alpha value is -2.48. The van der Waals surface area contributed by atoms with Gasteiger partial charge in [-0.15, -0.1) is 5.10 Å². The quantitative estimate of drug-likeness (QED) is 0.887. The Balaban J connectivity index is 1.56. The van der Waals surface area contributed by atoms with E-state index in [4.69, 9.17) is 4.99 Å². The Morgan fingerprint density at radius 2 is 2.04 bits per heavy atom. The SMILES string of the molecule is Cc1ncc(C)n2nc(/C=C/C3N=C(N4CCCC4)NN3C)nc12. The van der Waals surface area contributed by atoms with E-state index in [-0.39, 0.29) is 6.17 Å². The molecule has 1 unspecified atom stereocenters. The first-order valence-electron chi connectivity index (χ1n) is 8.31. The van der Waals surface area contributed by atoms with Gasteiger partial charge in [-0.3, -0.25) is 10.4 Å². The fourth-order valence-corrected chi connectivity index (χ4v) is 3.07. The number of aromatic nitrogens is 4. The van der Waals surface area contributed by atoms with E-state index in [0.717, 1.165) is 36.1 Å². The molecule has 0 aliphatic carbocycles. The lowest BCUT2D eigenvalue weighted by atomic mass is 10.4. The van der Waals surface area contributed by atoms with Crippen LogP contribution in [-0.4, -0.2) is 61.8 Å². The van der Waals surface area contributed by atoms with E-state index >= 15 is 0 Å². The van der Waals surface area contributed by atoms with Crippen LogP contribution in [0.15, 0.2) is 17.3 Å². The molecule has 126 valence electrons. The zero-order chi connectivity index (χ0) is 16.7. The summed E-state index contributed by atoms with van der Waals surface area (Å²) in [6, 6.07) is 0. The average molecular weight is 326 g/mol. The molecule has 8 nitrogen and oxygen atoms in total. The zero-order valence-electron chi connectivity index (χ0n) is 14.3. The first-order valence-corrected chi connectivity index (χ1v) is 8.31. The molecule has 0 aromatic carbocycles. The van der Waals surface area contributed by atoms with Crippen LogP contribution in [0.4, 0.5) is 0 Å². The highest BCUT2D eigenvalue weighted by Crippen LogP contribution is 2.14. The second-order valence-corrected chi connectivity index (χ2v) is 6.33. The maximum absolute atomic E-state index is 4.75. The molecule has 2 aromatic heterocycles. The molecule has 0 bridgehead atoms. The smallest absolute Gasteiger partial charge is 0.210 e. The van der Waals surface area contributed by atoms with Crippen LogP contribution >= 0.6 is 0 Å². The van der Waals surface area contributed by atoms with E-state index < -0.39 is 0 Å². The van der Waals surface area contributed by atoms with Crippen molar-refractivity contribution in [2.45, 2.75) is 32.9 Å². The maximum Gasteiger partial charge on any atom is 0.210 e. The number of likely N-dealkylation sites (tertiary alicyclic amines) is 1. The Bertz CT molecular complexity index is 776. The fraction of sp³-hybridized carbons (Fsp3) is 0.500. The molecule has 4 rings (SSSR count). The maximum atomic E-state index is 4.75. The van der Waals surface area contributed by atoms with Crippen molar-refractivity contribution < 1.29 is 0 Å². The molecule has 2 aliphatic rings. The number of hydrogen-bond acceptors (Lipinski definition) is 7. The van der Waals surface area contributed by atoms with Crippen molar-refractivity contribution in [3.05, 3.63) is 29.5 Å². The summed E-state index contributed by atoms with van der Waals surface area (Å²) in [5.74, 6) is 1.64. The molecule has 2 aliphatic heterocycles. The van der Waals surface area contributed by atoms with Gasteiger partial charge in [0.15, 0.2) is 11.5 Å². The van der Waals surface area contributed by atoms with Crippen molar-refractivity contribution in [2.75, 3.05) is 20.1 Å². The summed E-state index contributed by atoms with van der Waals surface area (Å²) in [5, 5.41) is 6.53. The lowest BCUT2D eigenvalue weighted by Gasteiger charge is -2.19. The van der Waals surface area contributed by atoms with Crippen molar-refractivity contribution >= 4 is 17.7 Å². The molecule has 0 amide bonds. The van der Waals surface area contributed by atoms with E-state index in [1.54, 1.807) is 0 Å². The van der Waals surface area contributed by atoms with Crippen LogP contribution in [0.3, 0.4) is 0 Å². The number of nitrogens with one attached hydrogen (secondary N) is 1. The van der Waals surface area contributed by atoms with Gasteiger partial charge >= 0.3 is 0 Å². The van der Waals surface area contributed by atoms with Crippen LogP contribution < -0.4 is 5.43 Å². The number of aliphatic imine (C=N–C) groups is 1. The van der Waals surface area contributed by atoms with Gasteiger partial charge < -0.3 is 4.90 Å². The Morgan fingerprint density at radius 3 is 2.79 bits per heavy atom. The van der Waals surface area contributed by atoms with Crippen LogP contribution in [0.2, 0.25) is 0 Å². The highest BCUT2D eigenvalue weighted by Gasteiger charge is 2.26. The normalized spacial score (nSPS) is 21.9. The topological polar surface area (TPSA) is 74.0 Å². The van der Waals surface area contributed by atoms with Gasteiger partial charge in [0, 0.05) is 26.3 Å².